The molecule has 0 atom stereocenters. The summed E-state index contributed by atoms with van der Waals surface area (Å²) >= 11 is 0. The number of carbonyl (C=O) groups is 1. The number of rotatable bonds is 6. The van der Waals surface area contributed by atoms with Crippen LogP contribution in [0, 0.1) is 5.41 Å². The van der Waals surface area contributed by atoms with Gasteiger partial charge in [0.05, 0.1) is 0 Å². The molecule has 0 aromatic rings. The molecule has 106 valence electrons. The molecular formula is C14H29N3O. The predicted octanol–water partition coefficient (Wildman–Crippen LogP) is 2.58. The van der Waals surface area contributed by atoms with E-state index >= 15 is 0 Å². The van der Waals surface area contributed by atoms with E-state index in [1.54, 1.807) is 6.20 Å². The second-order valence-electron chi connectivity index (χ2n) is 5.50. The van der Waals surface area contributed by atoms with Crippen molar-refractivity contribution in [1.29, 1.82) is 0 Å². The molecule has 18 heavy (non-hydrogen) atoms. The Morgan fingerprint density at radius 3 is 2.22 bits per heavy atom. The topological polar surface area (TPSA) is 44.4 Å². The summed E-state index contributed by atoms with van der Waals surface area (Å²) in [4.78, 5) is 13.8. The van der Waals surface area contributed by atoms with E-state index in [1.807, 2.05) is 6.92 Å². The van der Waals surface area contributed by atoms with Gasteiger partial charge in [-0.3, -0.25) is 0 Å². The molecule has 2 N–H and O–H groups in total. The van der Waals surface area contributed by atoms with E-state index in [0.717, 1.165) is 25.2 Å². The van der Waals surface area contributed by atoms with Crippen molar-refractivity contribution in [3.63, 3.8) is 0 Å². The number of hydrogen-bond donors (Lipinski definition) is 2. The van der Waals surface area contributed by atoms with Gasteiger partial charge in [-0.1, -0.05) is 40.2 Å². The number of hydrogen-bond acceptors (Lipinski definition) is 2. The van der Waals surface area contributed by atoms with Gasteiger partial charge in [0.25, 0.3) is 0 Å². The molecule has 2 amide bonds. The minimum atomic E-state index is -0.134. The van der Waals surface area contributed by atoms with E-state index in [9.17, 15) is 4.79 Å². The molecule has 0 spiro atoms. The summed E-state index contributed by atoms with van der Waals surface area (Å²) in [6.07, 6.45) is 1.78. The third-order valence-corrected chi connectivity index (χ3v) is 3.21. The van der Waals surface area contributed by atoms with Crippen LogP contribution in [0.2, 0.25) is 0 Å². The smallest absolute Gasteiger partial charge is 0.318 e. The van der Waals surface area contributed by atoms with Crippen LogP contribution in [0.15, 0.2) is 11.8 Å². The van der Waals surface area contributed by atoms with Gasteiger partial charge in [0, 0.05) is 19.3 Å². The summed E-state index contributed by atoms with van der Waals surface area (Å²) < 4.78 is 0. The molecule has 4 heteroatoms. The van der Waals surface area contributed by atoms with Crippen LogP contribution in [0.1, 0.15) is 41.5 Å². The molecule has 0 saturated carbocycles. The maximum atomic E-state index is 11.5. The van der Waals surface area contributed by atoms with Gasteiger partial charge in [-0.15, -0.1) is 0 Å². The van der Waals surface area contributed by atoms with Gasteiger partial charge in [-0.05, 0) is 25.4 Å². The molecule has 0 radical (unpaired) electrons. The molecule has 4 nitrogen and oxygen atoms in total. The van der Waals surface area contributed by atoms with Crippen LogP contribution in [0.5, 0.6) is 0 Å². The Labute approximate surface area is 112 Å². The number of carbonyl (C=O) groups excluding carboxylic acids is 1. The Balaban J connectivity index is 3.93. The highest BCUT2D eigenvalue weighted by molar-refractivity contribution is 5.74. The zero-order valence-corrected chi connectivity index (χ0v) is 12.8. The first kappa shape index (κ1) is 17.0. The van der Waals surface area contributed by atoms with E-state index in [0.29, 0.717) is 6.54 Å². The summed E-state index contributed by atoms with van der Waals surface area (Å²) in [6, 6.07) is -0.134. The first-order valence-corrected chi connectivity index (χ1v) is 6.75. The van der Waals surface area contributed by atoms with E-state index in [1.165, 1.54) is 0 Å². The van der Waals surface area contributed by atoms with E-state index in [-0.39, 0.29) is 11.4 Å². The number of allylic oxidation sites excluding steroid dienone is 1. The van der Waals surface area contributed by atoms with Crippen molar-refractivity contribution < 1.29 is 4.79 Å². The van der Waals surface area contributed by atoms with Crippen LogP contribution in [0.3, 0.4) is 0 Å². The lowest BCUT2D eigenvalue weighted by atomic mass is 9.88. The average Bonchev–Trinajstić information content (AvgIpc) is 2.30. The maximum Gasteiger partial charge on any atom is 0.318 e. The Morgan fingerprint density at radius 1 is 1.22 bits per heavy atom. The molecule has 0 saturated heterocycles. The van der Waals surface area contributed by atoms with Crippen molar-refractivity contribution in [2.45, 2.75) is 41.5 Å². The van der Waals surface area contributed by atoms with Crippen LogP contribution in [-0.4, -0.2) is 37.1 Å². The molecule has 0 heterocycles. The van der Waals surface area contributed by atoms with Crippen LogP contribution < -0.4 is 10.6 Å². The second-order valence-corrected chi connectivity index (χ2v) is 5.50. The van der Waals surface area contributed by atoms with Crippen molar-refractivity contribution in [2.24, 2.45) is 5.41 Å². The van der Waals surface area contributed by atoms with Crippen molar-refractivity contribution >= 4 is 6.03 Å². The van der Waals surface area contributed by atoms with Gasteiger partial charge in [0.2, 0.25) is 0 Å². The third kappa shape index (κ3) is 7.33. The minimum Gasteiger partial charge on any atom is -0.337 e. The molecule has 0 unspecified atom stereocenters. The first-order valence-electron chi connectivity index (χ1n) is 6.75. The van der Waals surface area contributed by atoms with Gasteiger partial charge < -0.3 is 15.5 Å². The quantitative estimate of drug-likeness (QED) is 0.766. The predicted molar refractivity (Wildman–Crippen MR) is 77.5 cm³/mol. The molecule has 0 aromatic carbocycles. The van der Waals surface area contributed by atoms with E-state index < -0.39 is 0 Å². The highest BCUT2D eigenvalue weighted by Gasteiger charge is 2.12. The fourth-order valence-corrected chi connectivity index (χ4v) is 1.31. The number of nitrogens with zero attached hydrogens (tertiary/aromatic N) is 1. The number of amides is 2. The summed E-state index contributed by atoms with van der Waals surface area (Å²) in [5.74, 6) is 0. The molecular weight excluding hydrogens is 226 g/mol. The zero-order chi connectivity index (χ0) is 14.2. The van der Waals surface area contributed by atoms with Crippen molar-refractivity contribution in [1.82, 2.24) is 15.5 Å². The van der Waals surface area contributed by atoms with Crippen molar-refractivity contribution in [3.05, 3.63) is 11.8 Å². The Kier molecular flexibility index (Phi) is 7.67. The summed E-state index contributed by atoms with van der Waals surface area (Å²) in [5, 5.41) is 5.62. The maximum absolute atomic E-state index is 11.5. The lowest BCUT2D eigenvalue weighted by Gasteiger charge is -2.20. The summed E-state index contributed by atoms with van der Waals surface area (Å²) in [7, 11) is 0. The van der Waals surface area contributed by atoms with E-state index in [2.05, 4.69) is 50.2 Å². The normalized spacial score (nSPS) is 12.7. The summed E-state index contributed by atoms with van der Waals surface area (Å²) in [6.45, 7) is 16.2. The number of nitrogens with one attached hydrogen (secondary N) is 2. The van der Waals surface area contributed by atoms with Crippen molar-refractivity contribution in [3.8, 4) is 0 Å². The fraction of sp³-hybridized carbons (Fsp3) is 0.786. The molecule has 0 aromatic heterocycles. The van der Waals surface area contributed by atoms with Gasteiger partial charge in [0.1, 0.15) is 0 Å². The van der Waals surface area contributed by atoms with E-state index in [4.69, 9.17) is 0 Å². The standard InChI is InChI=1S/C14H29N3O/c1-7-17(8-2)10-9-15-13(18)16-11-12(3)14(4,5)6/h11H,7-10H2,1-6H3,(H2,15,16,18)/b12-11+. The lowest BCUT2D eigenvalue weighted by molar-refractivity contribution is 0.240. The highest BCUT2D eigenvalue weighted by atomic mass is 16.2. The third-order valence-electron chi connectivity index (χ3n) is 3.21. The fourth-order valence-electron chi connectivity index (χ4n) is 1.31. The SMILES string of the molecule is CCN(CC)CCNC(=O)N/C=C(\C)C(C)(C)C. The molecule has 0 fully saturated rings. The Morgan fingerprint density at radius 2 is 1.78 bits per heavy atom. The van der Waals surface area contributed by atoms with Crippen LogP contribution in [0.25, 0.3) is 0 Å². The average molecular weight is 255 g/mol. The van der Waals surface area contributed by atoms with Gasteiger partial charge in [-0.2, -0.15) is 0 Å². The number of urea groups is 1. The number of likely N-dealkylation sites (N-methyl/N-ethyl adjacent to an activating group) is 1. The molecule has 0 rings (SSSR count). The van der Waals surface area contributed by atoms with Crippen molar-refractivity contribution in [2.75, 3.05) is 26.2 Å². The van der Waals surface area contributed by atoms with Crippen LogP contribution in [0.4, 0.5) is 4.79 Å². The van der Waals surface area contributed by atoms with Gasteiger partial charge >= 0.3 is 6.03 Å². The first-order chi connectivity index (χ1) is 8.31. The Hall–Kier alpha value is -1.03. The molecule has 0 aliphatic carbocycles. The van der Waals surface area contributed by atoms with Crippen LogP contribution >= 0.6 is 0 Å². The van der Waals surface area contributed by atoms with Gasteiger partial charge in [0.15, 0.2) is 0 Å². The second kappa shape index (κ2) is 8.14. The van der Waals surface area contributed by atoms with Crippen LogP contribution in [-0.2, 0) is 0 Å². The molecule has 0 aliphatic heterocycles. The highest BCUT2D eigenvalue weighted by Crippen LogP contribution is 2.23. The lowest BCUT2D eigenvalue weighted by Crippen LogP contribution is -2.38. The minimum absolute atomic E-state index is 0.0918. The molecule has 0 aliphatic rings. The largest absolute Gasteiger partial charge is 0.337 e. The summed E-state index contributed by atoms with van der Waals surface area (Å²) in [5.41, 5.74) is 1.25. The monoisotopic (exact) mass is 255 g/mol. The van der Waals surface area contributed by atoms with Gasteiger partial charge in [-0.25, -0.2) is 4.79 Å². The zero-order valence-electron chi connectivity index (χ0n) is 12.8. The molecule has 0 bridgehead atoms. The Bertz CT molecular complexity index is 275.